The lowest BCUT2D eigenvalue weighted by atomic mass is 9.95. The molecule has 0 aliphatic carbocycles. The summed E-state index contributed by atoms with van der Waals surface area (Å²) in [5.74, 6) is 0.881. The van der Waals surface area contributed by atoms with Gasteiger partial charge in [0.15, 0.2) is 0 Å². The van der Waals surface area contributed by atoms with E-state index in [0.29, 0.717) is 0 Å². The average Bonchev–Trinajstić information content (AvgIpc) is 2.45. The molecule has 0 aromatic rings. The summed E-state index contributed by atoms with van der Waals surface area (Å²) in [6.45, 7) is 9.88. The fraction of sp³-hybridized carbons (Fsp3) is 0.941. The van der Waals surface area contributed by atoms with Crippen LogP contribution in [0, 0.1) is 17.2 Å². The number of likely N-dealkylation sites (tertiary alicyclic amines) is 1. The molecule has 1 unspecified atom stereocenters. The van der Waals surface area contributed by atoms with E-state index < -0.39 is 0 Å². The predicted molar refractivity (Wildman–Crippen MR) is 89.3 cm³/mol. The van der Waals surface area contributed by atoms with Gasteiger partial charge in [0.05, 0.1) is 6.07 Å². The summed E-state index contributed by atoms with van der Waals surface area (Å²) < 4.78 is 0. The van der Waals surface area contributed by atoms with Crippen LogP contribution in [0.25, 0.3) is 0 Å². The van der Waals surface area contributed by atoms with E-state index >= 15 is 0 Å². The van der Waals surface area contributed by atoms with Gasteiger partial charge in [-0.25, -0.2) is 0 Å². The van der Waals surface area contributed by atoms with Crippen LogP contribution in [0.5, 0.6) is 0 Å². The third-order valence-electron chi connectivity index (χ3n) is 4.55. The van der Waals surface area contributed by atoms with Crippen molar-refractivity contribution in [2.24, 2.45) is 5.92 Å². The molecule has 1 heterocycles. The summed E-state index contributed by atoms with van der Waals surface area (Å²) in [5.41, 5.74) is -0.340. The maximum absolute atomic E-state index is 9.24. The molecule has 0 aromatic carbocycles. The number of nitrogens with zero attached hydrogens (tertiary/aromatic N) is 3. The minimum absolute atomic E-state index is 0.340. The van der Waals surface area contributed by atoms with Crippen LogP contribution in [0.2, 0.25) is 0 Å². The molecule has 1 aliphatic heterocycles. The molecule has 0 aromatic heterocycles. The first-order valence-electron chi connectivity index (χ1n) is 8.52. The number of nitriles is 1. The predicted octanol–water partition coefficient (Wildman–Crippen LogP) is 2.32. The molecule has 4 nitrogen and oxygen atoms in total. The van der Waals surface area contributed by atoms with Gasteiger partial charge in [0.1, 0.15) is 5.54 Å². The van der Waals surface area contributed by atoms with Gasteiger partial charge in [0.2, 0.25) is 0 Å². The largest absolute Gasteiger partial charge is 0.309 e. The Labute approximate surface area is 131 Å². The lowest BCUT2D eigenvalue weighted by Gasteiger charge is -2.33. The van der Waals surface area contributed by atoms with Crippen molar-refractivity contribution in [3.8, 4) is 6.07 Å². The molecule has 0 spiro atoms. The Morgan fingerprint density at radius 1 is 1.29 bits per heavy atom. The zero-order valence-electron chi connectivity index (χ0n) is 14.5. The van der Waals surface area contributed by atoms with Crippen LogP contribution in [0.3, 0.4) is 0 Å². The number of piperidine rings is 1. The second-order valence-electron chi connectivity index (χ2n) is 6.98. The van der Waals surface area contributed by atoms with Crippen LogP contribution in [-0.2, 0) is 0 Å². The molecule has 1 N–H and O–H groups in total. The van der Waals surface area contributed by atoms with Gasteiger partial charge in [-0.3, -0.25) is 5.32 Å². The van der Waals surface area contributed by atoms with Gasteiger partial charge in [-0.15, -0.1) is 0 Å². The van der Waals surface area contributed by atoms with Crippen LogP contribution in [0.15, 0.2) is 0 Å². The number of hydrogen-bond donors (Lipinski definition) is 1. The standard InChI is InChI=1S/C17H34N4/c1-5-19-17(2,15-18)10-6-7-11-21-12-8-16(9-13-21)14-20(3)4/h16,19H,5-14H2,1-4H3. The summed E-state index contributed by atoms with van der Waals surface area (Å²) in [7, 11) is 4.34. The molecule has 1 fully saturated rings. The molecule has 21 heavy (non-hydrogen) atoms. The summed E-state index contributed by atoms with van der Waals surface area (Å²) in [6, 6.07) is 2.41. The van der Waals surface area contributed by atoms with Crippen molar-refractivity contribution in [2.45, 2.75) is 51.5 Å². The van der Waals surface area contributed by atoms with Crippen molar-refractivity contribution in [2.75, 3.05) is 46.8 Å². The summed E-state index contributed by atoms with van der Waals surface area (Å²) in [6.07, 6.45) is 5.97. The Morgan fingerprint density at radius 2 is 1.95 bits per heavy atom. The Morgan fingerprint density at radius 3 is 2.48 bits per heavy atom. The molecule has 0 radical (unpaired) electrons. The quantitative estimate of drug-likeness (QED) is 0.663. The fourth-order valence-corrected chi connectivity index (χ4v) is 3.30. The highest BCUT2D eigenvalue weighted by atomic mass is 15.1. The molecule has 1 aliphatic rings. The summed E-state index contributed by atoms with van der Waals surface area (Å²) >= 11 is 0. The molecule has 0 saturated carbocycles. The van der Waals surface area contributed by atoms with E-state index in [2.05, 4.69) is 42.2 Å². The van der Waals surface area contributed by atoms with Crippen molar-refractivity contribution in [1.29, 1.82) is 5.26 Å². The zero-order chi connectivity index (χ0) is 15.7. The first kappa shape index (κ1) is 18.4. The van der Waals surface area contributed by atoms with Crippen LogP contribution in [-0.4, -0.2) is 62.2 Å². The van der Waals surface area contributed by atoms with Crippen LogP contribution in [0.4, 0.5) is 0 Å². The van der Waals surface area contributed by atoms with E-state index in [0.717, 1.165) is 25.3 Å². The first-order valence-corrected chi connectivity index (χ1v) is 8.52. The van der Waals surface area contributed by atoms with Gasteiger partial charge in [0.25, 0.3) is 0 Å². The molecule has 4 heteroatoms. The van der Waals surface area contributed by atoms with Gasteiger partial charge >= 0.3 is 0 Å². The molecular weight excluding hydrogens is 260 g/mol. The fourth-order valence-electron chi connectivity index (χ4n) is 3.30. The summed E-state index contributed by atoms with van der Waals surface area (Å²) in [5, 5.41) is 12.5. The van der Waals surface area contributed by atoms with Crippen molar-refractivity contribution in [3.05, 3.63) is 0 Å². The van der Waals surface area contributed by atoms with Gasteiger partial charge < -0.3 is 9.80 Å². The SMILES string of the molecule is CCNC(C)(C#N)CCCCN1CCC(CN(C)C)CC1. The Hall–Kier alpha value is -0.630. The zero-order valence-corrected chi connectivity index (χ0v) is 14.5. The molecule has 122 valence electrons. The summed E-state index contributed by atoms with van der Waals surface area (Å²) in [4.78, 5) is 4.91. The van der Waals surface area contributed by atoms with E-state index in [1.165, 1.54) is 45.4 Å². The van der Waals surface area contributed by atoms with Crippen LogP contribution < -0.4 is 5.32 Å². The van der Waals surface area contributed by atoms with Crippen molar-refractivity contribution < 1.29 is 0 Å². The number of unbranched alkanes of at least 4 members (excludes halogenated alkanes) is 1. The minimum Gasteiger partial charge on any atom is -0.309 e. The third kappa shape index (κ3) is 7.26. The molecular formula is C17H34N4. The van der Waals surface area contributed by atoms with E-state index in [-0.39, 0.29) is 5.54 Å². The van der Waals surface area contributed by atoms with E-state index in [9.17, 15) is 5.26 Å². The molecule has 0 amide bonds. The normalized spacial score (nSPS) is 20.4. The molecule has 1 atom stereocenters. The maximum Gasteiger partial charge on any atom is 0.103 e. The van der Waals surface area contributed by atoms with Crippen LogP contribution >= 0.6 is 0 Å². The maximum atomic E-state index is 9.24. The third-order valence-corrected chi connectivity index (χ3v) is 4.55. The van der Waals surface area contributed by atoms with Crippen molar-refractivity contribution in [1.82, 2.24) is 15.1 Å². The highest BCUT2D eigenvalue weighted by Gasteiger charge is 2.22. The van der Waals surface area contributed by atoms with Crippen molar-refractivity contribution >= 4 is 0 Å². The Balaban J connectivity index is 2.13. The van der Waals surface area contributed by atoms with Gasteiger partial charge in [-0.2, -0.15) is 5.26 Å². The lowest BCUT2D eigenvalue weighted by Crippen LogP contribution is -2.41. The average molecular weight is 294 g/mol. The number of nitrogens with one attached hydrogen (secondary N) is 1. The monoisotopic (exact) mass is 294 g/mol. The lowest BCUT2D eigenvalue weighted by molar-refractivity contribution is 0.159. The van der Waals surface area contributed by atoms with E-state index in [4.69, 9.17) is 0 Å². The minimum atomic E-state index is -0.340. The van der Waals surface area contributed by atoms with E-state index in [1.54, 1.807) is 0 Å². The highest BCUT2D eigenvalue weighted by Crippen LogP contribution is 2.19. The van der Waals surface area contributed by atoms with Gasteiger partial charge in [0, 0.05) is 6.54 Å². The second-order valence-corrected chi connectivity index (χ2v) is 6.98. The number of hydrogen-bond acceptors (Lipinski definition) is 4. The highest BCUT2D eigenvalue weighted by molar-refractivity contribution is 5.03. The van der Waals surface area contributed by atoms with Gasteiger partial charge in [-0.1, -0.05) is 6.92 Å². The first-order chi connectivity index (χ1) is 9.99. The number of rotatable bonds is 9. The van der Waals surface area contributed by atoms with E-state index in [1.807, 2.05) is 6.92 Å². The van der Waals surface area contributed by atoms with Crippen molar-refractivity contribution in [3.63, 3.8) is 0 Å². The topological polar surface area (TPSA) is 42.3 Å². The Bertz CT molecular complexity index is 315. The van der Waals surface area contributed by atoms with Gasteiger partial charge in [-0.05, 0) is 85.2 Å². The molecule has 0 bridgehead atoms. The molecule has 1 rings (SSSR count). The Kier molecular flexibility index (Phi) is 8.24. The van der Waals surface area contributed by atoms with Crippen LogP contribution in [0.1, 0.15) is 46.0 Å². The molecule has 1 saturated heterocycles. The second kappa shape index (κ2) is 9.40. The smallest absolute Gasteiger partial charge is 0.103 e.